The van der Waals surface area contributed by atoms with Crippen LogP contribution in [0.15, 0.2) is 48.5 Å². The van der Waals surface area contributed by atoms with E-state index in [4.69, 9.17) is 0 Å². The Morgan fingerprint density at radius 1 is 0.929 bits per heavy atom. The molecule has 1 aliphatic heterocycles. The Bertz CT molecular complexity index is 812. The summed E-state index contributed by atoms with van der Waals surface area (Å²) in [7, 11) is 0. The molecule has 0 radical (unpaired) electrons. The number of aryl methyl sites for hydroxylation is 1. The van der Waals surface area contributed by atoms with E-state index in [1.165, 1.54) is 22.4 Å². The molecule has 1 fully saturated rings. The number of hydrogen-bond donors (Lipinski definition) is 1. The smallest absolute Gasteiger partial charge is 0.232 e. The van der Waals surface area contributed by atoms with E-state index in [1.807, 2.05) is 30.3 Å². The largest absolute Gasteiger partial charge is 0.368 e. The Hall–Kier alpha value is -2.82. The molecule has 5 nitrogen and oxygen atoms in total. The summed E-state index contributed by atoms with van der Waals surface area (Å²) in [6.07, 6.45) is 0.702. The average molecular weight is 380 g/mol. The summed E-state index contributed by atoms with van der Waals surface area (Å²) in [5.74, 6) is -0.282. The third-order valence-electron chi connectivity index (χ3n) is 5.44. The van der Waals surface area contributed by atoms with Crippen LogP contribution in [0.5, 0.6) is 0 Å². The Morgan fingerprint density at radius 2 is 1.64 bits per heavy atom. The summed E-state index contributed by atoms with van der Waals surface area (Å²) in [6.45, 7) is 7.72. The van der Waals surface area contributed by atoms with E-state index < -0.39 is 0 Å². The number of anilines is 1. The second kappa shape index (κ2) is 9.40. The van der Waals surface area contributed by atoms with Crippen LogP contribution in [0, 0.1) is 13.8 Å². The van der Waals surface area contributed by atoms with Crippen molar-refractivity contribution < 1.29 is 9.59 Å². The van der Waals surface area contributed by atoms with Gasteiger partial charge in [0, 0.05) is 38.4 Å². The summed E-state index contributed by atoms with van der Waals surface area (Å²) in [5, 5.41) is 2.85. The molecule has 1 aliphatic rings. The first kappa shape index (κ1) is 19.9. The number of carbonyl (C=O) groups excluding carboxylic acids is 2. The molecule has 0 spiro atoms. The van der Waals surface area contributed by atoms with Crippen LogP contribution < -0.4 is 10.2 Å². The first-order chi connectivity index (χ1) is 13.5. The van der Waals surface area contributed by atoms with E-state index in [0.29, 0.717) is 19.6 Å². The summed E-state index contributed by atoms with van der Waals surface area (Å²) >= 11 is 0. The average Bonchev–Trinajstić information content (AvgIpc) is 2.71. The molecule has 2 aromatic rings. The summed E-state index contributed by atoms with van der Waals surface area (Å²) in [4.78, 5) is 28.7. The van der Waals surface area contributed by atoms with Crippen molar-refractivity contribution in [1.29, 1.82) is 0 Å². The van der Waals surface area contributed by atoms with Crippen molar-refractivity contribution >= 4 is 17.5 Å². The van der Waals surface area contributed by atoms with Gasteiger partial charge in [0.2, 0.25) is 11.8 Å². The molecule has 3 rings (SSSR count). The van der Waals surface area contributed by atoms with Gasteiger partial charge >= 0.3 is 0 Å². The van der Waals surface area contributed by atoms with Crippen LogP contribution in [0.25, 0.3) is 0 Å². The van der Waals surface area contributed by atoms with Crippen molar-refractivity contribution in [2.45, 2.75) is 26.7 Å². The van der Waals surface area contributed by atoms with Gasteiger partial charge in [-0.3, -0.25) is 9.59 Å². The Morgan fingerprint density at radius 3 is 2.36 bits per heavy atom. The number of nitrogens with one attached hydrogen (secondary N) is 1. The quantitative estimate of drug-likeness (QED) is 0.785. The predicted molar refractivity (Wildman–Crippen MR) is 112 cm³/mol. The lowest BCUT2D eigenvalue weighted by Gasteiger charge is -2.37. The van der Waals surface area contributed by atoms with Gasteiger partial charge < -0.3 is 15.1 Å². The van der Waals surface area contributed by atoms with Crippen LogP contribution in [-0.4, -0.2) is 49.4 Å². The molecule has 2 aromatic carbocycles. The second-order valence-corrected chi connectivity index (χ2v) is 7.35. The van der Waals surface area contributed by atoms with Crippen LogP contribution in [0.2, 0.25) is 0 Å². The molecule has 1 heterocycles. The molecule has 148 valence electrons. The standard InChI is InChI=1S/C23H29N3O2/c1-18-7-6-10-21(19(18)2)25-13-15-26(16-14-25)23(28)17-22(27)24-12-11-20-8-4-3-5-9-20/h3-10H,11-17H2,1-2H3,(H,24,27). The molecule has 28 heavy (non-hydrogen) atoms. The zero-order valence-corrected chi connectivity index (χ0v) is 16.8. The Balaban J connectivity index is 1.42. The lowest BCUT2D eigenvalue weighted by molar-refractivity contribution is -0.136. The van der Waals surface area contributed by atoms with Gasteiger partial charge in [0.25, 0.3) is 0 Å². The third-order valence-corrected chi connectivity index (χ3v) is 5.44. The van der Waals surface area contributed by atoms with Gasteiger partial charge in [-0.15, -0.1) is 0 Å². The number of benzene rings is 2. The molecule has 0 aromatic heterocycles. The molecular weight excluding hydrogens is 350 g/mol. The molecule has 0 saturated carbocycles. The first-order valence-corrected chi connectivity index (χ1v) is 9.94. The van der Waals surface area contributed by atoms with E-state index in [1.54, 1.807) is 4.90 Å². The van der Waals surface area contributed by atoms with Crippen molar-refractivity contribution in [3.05, 3.63) is 65.2 Å². The zero-order chi connectivity index (χ0) is 19.9. The fraction of sp³-hybridized carbons (Fsp3) is 0.391. The number of piperazine rings is 1. The highest BCUT2D eigenvalue weighted by atomic mass is 16.2. The minimum Gasteiger partial charge on any atom is -0.368 e. The number of hydrogen-bond acceptors (Lipinski definition) is 3. The van der Waals surface area contributed by atoms with E-state index in [9.17, 15) is 9.59 Å². The third kappa shape index (κ3) is 5.12. The summed E-state index contributed by atoms with van der Waals surface area (Å²) in [6, 6.07) is 16.3. The van der Waals surface area contributed by atoms with Gasteiger partial charge in [0.05, 0.1) is 0 Å². The molecule has 1 saturated heterocycles. The van der Waals surface area contributed by atoms with Crippen molar-refractivity contribution in [1.82, 2.24) is 10.2 Å². The van der Waals surface area contributed by atoms with Crippen molar-refractivity contribution in [3.63, 3.8) is 0 Å². The SMILES string of the molecule is Cc1cccc(N2CCN(C(=O)CC(=O)NCCc3ccccc3)CC2)c1C. The molecule has 0 atom stereocenters. The van der Waals surface area contributed by atoms with E-state index in [2.05, 4.69) is 42.3 Å². The predicted octanol–water partition coefficient (Wildman–Crippen LogP) is 2.70. The maximum atomic E-state index is 12.5. The minimum absolute atomic E-state index is 0.0712. The second-order valence-electron chi connectivity index (χ2n) is 7.35. The van der Waals surface area contributed by atoms with Crippen LogP contribution in [0.1, 0.15) is 23.1 Å². The minimum atomic E-state index is -0.196. The van der Waals surface area contributed by atoms with Crippen LogP contribution in [0.3, 0.4) is 0 Å². The molecule has 0 aliphatic carbocycles. The van der Waals surface area contributed by atoms with E-state index in [-0.39, 0.29) is 18.2 Å². The lowest BCUT2D eigenvalue weighted by Crippen LogP contribution is -2.49. The normalized spacial score (nSPS) is 14.1. The molecule has 2 amide bonds. The van der Waals surface area contributed by atoms with E-state index in [0.717, 1.165) is 19.5 Å². The Labute approximate surface area is 167 Å². The number of amides is 2. The van der Waals surface area contributed by atoms with Crippen LogP contribution >= 0.6 is 0 Å². The summed E-state index contributed by atoms with van der Waals surface area (Å²) in [5.41, 5.74) is 4.99. The molecular formula is C23H29N3O2. The van der Waals surface area contributed by atoms with Crippen molar-refractivity contribution in [2.75, 3.05) is 37.6 Å². The zero-order valence-electron chi connectivity index (χ0n) is 16.8. The monoisotopic (exact) mass is 379 g/mol. The van der Waals surface area contributed by atoms with Crippen LogP contribution in [-0.2, 0) is 16.0 Å². The van der Waals surface area contributed by atoms with Crippen LogP contribution in [0.4, 0.5) is 5.69 Å². The van der Waals surface area contributed by atoms with Gasteiger partial charge in [0.15, 0.2) is 0 Å². The highest BCUT2D eigenvalue weighted by Gasteiger charge is 2.23. The fourth-order valence-electron chi connectivity index (χ4n) is 3.58. The maximum Gasteiger partial charge on any atom is 0.232 e. The van der Waals surface area contributed by atoms with Gasteiger partial charge in [-0.05, 0) is 43.0 Å². The Kier molecular flexibility index (Phi) is 6.69. The van der Waals surface area contributed by atoms with Gasteiger partial charge in [-0.1, -0.05) is 42.5 Å². The van der Waals surface area contributed by atoms with E-state index >= 15 is 0 Å². The van der Waals surface area contributed by atoms with Gasteiger partial charge in [-0.2, -0.15) is 0 Å². The maximum absolute atomic E-state index is 12.5. The summed E-state index contributed by atoms with van der Waals surface area (Å²) < 4.78 is 0. The topological polar surface area (TPSA) is 52.7 Å². The number of rotatable bonds is 6. The molecule has 0 bridgehead atoms. The highest BCUT2D eigenvalue weighted by molar-refractivity contribution is 5.97. The van der Waals surface area contributed by atoms with Gasteiger partial charge in [-0.25, -0.2) is 0 Å². The van der Waals surface area contributed by atoms with Gasteiger partial charge in [0.1, 0.15) is 6.42 Å². The molecule has 5 heteroatoms. The number of carbonyl (C=O) groups is 2. The van der Waals surface area contributed by atoms with Crippen molar-refractivity contribution in [3.8, 4) is 0 Å². The highest BCUT2D eigenvalue weighted by Crippen LogP contribution is 2.23. The molecule has 0 unspecified atom stereocenters. The number of nitrogens with zero attached hydrogens (tertiary/aromatic N) is 2. The lowest BCUT2D eigenvalue weighted by atomic mass is 10.1. The molecule has 1 N–H and O–H groups in total. The fourth-order valence-corrected chi connectivity index (χ4v) is 3.58. The first-order valence-electron chi connectivity index (χ1n) is 9.94. The van der Waals surface area contributed by atoms with Crippen molar-refractivity contribution in [2.24, 2.45) is 0 Å².